The second kappa shape index (κ2) is 50.1. The summed E-state index contributed by atoms with van der Waals surface area (Å²) in [4.78, 5) is 48.4. The number of hydrogen-bond donors (Lipinski definition) is 2. The SMILES string of the molecule is CN(CCCCN(C)CCCN1CC1)CCCN(C)CCCN1CC1.COCCCC(=O)c1ccc(S)cc1.COCCCC(=O)c1ccc(SCCNCCCN(C)CCCCN(C)CCCN(C)CCCN2CC2)cc1.P.P. The highest BCUT2D eigenvalue weighted by Crippen LogP contribution is 2.19. The van der Waals surface area contributed by atoms with Gasteiger partial charge in [-0.2, -0.15) is 19.8 Å². The third kappa shape index (κ3) is 44.4. The number of methoxy groups -OCH3 is 2. The molecule has 0 aliphatic carbocycles. The fourth-order valence-electron chi connectivity index (χ4n) is 9.26. The van der Waals surface area contributed by atoms with Crippen LogP contribution in [0.15, 0.2) is 58.3 Å². The number of Topliss-reactive ketones (excluding diaryl/α,β-unsaturated/α-hetero) is 2. The maximum absolute atomic E-state index is 12.2. The van der Waals surface area contributed by atoms with Crippen molar-refractivity contribution in [1.29, 1.82) is 0 Å². The molecule has 3 fully saturated rings. The molecule has 2 unspecified atom stereocenters. The number of nitrogens with one attached hydrogen (secondary N) is 1. The molecule has 2 atom stereocenters. The molecule has 1 N–H and O–H groups in total. The molecule has 3 aliphatic heterocycles. The number of ketones is 2. The zero-order valence-electron chi connectivity index (χ0n) is 52.3. The molecule has 0 amide bonds. The first-order valence-corrected chi connectivity index (χ1v) is 31.8. The maximum Gasteiger partial charge on any atom is 0.162 e. The Bertz CT molecular complexity index is 1770. The van der Waals surface area contributed by atoms with Gasteiger partial charge in [0.25, 0.3) is 0 Å². The molecule has 464 valence electrons. The first kappa shape index (κ1) is 76.9. The van der Waals surface area contributed by atoms with Gasteiger partial charge >= 0.3 is 0 Å². The second-order valence-corrected chi connectivity index (χ2v) is 24.3. The fraction of sp³-hybridized carbons (Fsp3) is 0.774. The van der Waals surface area contributed by atoms with Crippen molar-refractivity contribution in [1.82, 2.24) is 49.4 Å². The van der Waals surface area contributed by atoms with E-state index in [1.54, 1.807) is 26.4 Å². The average Bonchev–Trinajstić information content (AvgIpc) is 4.27. The molecular formula is C62H120N10O4P2S2. The highest BCUT2D eigenvalue weighted by molar-refractivity contribution is 7.99. The quantitative estimate of drug-likeness (QED) is 0.0167. The lowest BCUT2D eigenvalue weighted by molar-refractivity contribution is 0.0956. The average molecular weight is 1200 g/mol. The van der Waals surface area contributed by atoms with Gasteiger partial charge in [0.1, 0.15) is 0 Å². The van der Waals surface area contributed by atoms with Gasteiger partial charge in [-0.15, -0.1) is 24.4 Å². The number of hydrogen-bond acceptors (Lipinski definition) is 16. The molecule has 0 aromatic heterocycles. The Hall–Kier alpha value is -1.14. The predicted octanol–water partition coefficient (Wildman–Crippen LogP) is 8.10. The summed E-state index contributed by atoms with van der Waals surface area (Å²) >= 11 is 6.00. The first-order chi connectivity index (χ1) is 37.8. The summed E-state index contributed by atoms with van der Waals surface area (Å²) in [7, 11) is 16.9. The van der Waals surface area contributed by atoms with Gasteiger partial charge in [0.2, 0.25) is 0 Å². The van der Waals surface area contributed by atoms with Crippen LogP contribution in [0.4, 0.5) is 0 Å². The standard InChI is InChI=1S/C31H57N5O2S.C20H43N5.C11H14O2S.2H3P/c1-33(18-5-6-19-34(2)21-9-22-35(3)23-10-24-36-25-26-36)20-8-16-32-17-28-39-30-14-12-29(13-15-30)31(37)11-7-27-38-4;1-21(11-6-12-23(3)14-8-16-25-19-20-25)9-4-5-10-22(2)13-7-15-24-17-18-24;1-13-8-2-3-11(12)9-4-6-10(14)7-5-9;;/h12-15,32H,5-11,16-28H2,1-4H3;4-20H2,1-3H3;4-7,14H,2-3,8H2,1H3;2*1H3. The fourth-order valence-corrected chi connectivity index (χ4v) is 10.2. The third-order valence-electron chi connectivity index (χ3n) is 14.8. The normalized spacial score (nSPS) is 14.1. The molecule has 0 radical (unpaired) electrons. The highest BCUT2D eigenvalue weighted by Gasteiger charge is 2.18. The Balaban J connectivity index is 0.000000664. The van der Waals surface area contributed by atoms with Crippen LogP contribution in [0.1, 0.15) is 111 Å². The zero-order valence-corrected chi connectivity index (χ0v) is 56.9. The smallest absolute Gasteiger partial charge is 0.162 e. The largest absolute Gasteiger partial charge is 0.385 e. The molecule has 18 heteroatoms. The maximum atomic E-state index is 12.2. The predicted molar refractivity (Wildman–Crippen MR) is 357 cm³/mol. The number of ether oxygens (including phenoxy) is 2. The summed E-state index contributed by atoms with van der Waals surface area (Å²) in [6.07, 6.45) is 15.6. The van der Waals surface area contributed by atoms with Crippen molar-refractivity contribution in [3.8, 4) is 0 Å². The van der Waals surface area contributed by atoms with Gasteiger partial charge in [0.05, 0.1) is 0 Å². The second-order valence-electron chi connectivity index (χ2n) is 22.6. The van der Waals surface area contributed by atoms with Gasteiger partial charge in [-0.1, -0.05) is 24.3 Å². The number of rotatable bonds is 48. The van der Waals surface area contributed by atoms with Crippen molar-refractivity contribution in [3.05, 3.63) is 59.7 Å². The van der Waals surface area contributed by atoms with E-state index in [1.807, 2.05) is 36.0 Å². The number of unbranched alkanes of at least 4 members (excludes halogenated alkanes) is 2. The molecule has 3 aliphatic rings. The lowest BCUT2D eigenvalue weighted by atomic mass is 10.1. The molecule has 3 heterocycles. The lowest BCUT2D eigenvalue weighted by Gasteiger charge is -2.21. The minimum atomic E-state index is 0. The zero-order chi connectivity index (χ0) is 56.4. The van der Waals surface area contributed by atoms with E-state index in [9.17, 15) is 9.59 Å². The van der Waals surface area contributed by atoms with Crippen LogP contribution < -0.4 is 5.32 Å². The Morgan fingerprint density at radius 2 is 0.762 bits per heavy atom. The molecule has 14 nitrogen and oxygen atoms in total. The van der Waals surface area contributed by atoms with Crippen LogP contribution in [-0.4, -0.2) is 282 Å². The monoisotopic (exact) mass is 1190 g/mol. The van der Waals surface area contributed by atoms with Crippen LogP contribution in [0.2, 0.25) is 0 Å². The van der Waals surface area contributed by atoms with E-state index in [0.29, 0.717) is 26.1 Å². The van der Waals surface area contributed by atoms with E-state index in [4.69, 9.17) is 9.47 Å². The van der Waals surface area contributed by atoms with Crippen molar-refractivity contribution < 1.29 is 19.1 Å². The number of carbonyl (C=O) groups is 2. The molecule has 2 aromatic rings. The summed E-state index contributed by atoms with van der Waals surface area (Å²) < 4.78 is 9.91. The van der Waals surface area contributed by atoms with Crippen LogP contribution in [0, 0.1) is 0 Å². The summed E-state index contributed by atoms with van der Waals surface area (Å²) in [6.45, 7) is 29.9. The van der Waals surface area contributed by atoms with E-state index in [0.717, 1.165) is 54.3 Å². The number of carbonyl (C=O) groups excluding carboxylic acids is 2. The van der Waals surface area contributed by atoms with E-state index < -0.39 is 0 Å². The minimum absolute atomic E-state index is 0. The van der Waals surface area contributed by atoms with Crippen LogP contribution >= 0.6 is 44.2 Å². The molecule has 0 spiro atoms. The highest BCUT2D eigenvalue weighted by atomic mass is 32.2. The molecular weight excluding hydrogens is 1070 g/mol. The molecule has 5 rings (SSSR count). The van der Waals surface area contributed by atoms with E-state index >= 15 is 0 Å². The number of thioether (sulfide) groups is 1. The summed E-state index contributed by atoms with van der Waals surface area (Å²) in [5.74, 6) is 1.40. The summed E-state index contributed by atoms with van der Waals surface area (Å²) in [5, 5.41) is 3.57. The van der Waals surface area contributed by atoms with Crippen molar-refractivity contribution in [2.24, 2.45) is 0 Å². The molecule has 80 heavy (non-hydrogen) atoms. The third-order valence-corrected chi connectivity index (χ3v) is 16.1. The van der Waals surface area contributed by atoms with Crippen LogP contribution in [-0.2, 0) is 9.47 Å². The number of thiol groups is 1. The van der Waals surface area contributed by atoms with Crippen molar-refractivity contribution in [3.63, 3.8) is 0 Å². The first-order valence-electron chi connectivity index (χ1n) is 30.4. The minimum Gasteiger partial charge on any atom is -0.385 e. The summed E-state index contributed by atoms with van der Waals surface area (Å²) in [5.41, 5.74) is 1.55. The van der Waals surface area contributed by atoms with Crippen LogP contribution in [0.5, 0.6) is 0 Å². The number of benzene rings is 2. The van der Waals surface area contributed by atoms with Gasteiger partial charge in [-0.25, -0.2) is 0 Å². The van der Waals surface area contributed by atoms with Gasteiger partial charge in [0, 0.05) is 113 Å². The lowest BCUT2D eigenvalue weighted by Crippen LogP contribution is -2.28. The Labute approximate surface area is 506 Å². The van der Waals surface area contributed by atoms with Crippen LogP contribution in [0.25, 0.3) is 0 Å². The Morgan fingerprint density at radius 3 is 1.10 bits per heavy atom. The Kier molecular flexibility index (Phi) is 48.1. The van der Waals surface area contributed by atoms with Gasteiger partial charge in [0.15, 0.2) is 11.6 Å². The van der Waals surface area contributed by atoms with Gasteiger partial charge in [-0.3, -0.25) is 9.59 Å². The van der Waals surface area contributed by atoms with E-state index in [2.05, 4.69) is 116 Å². The molecule has 2 aromatic carbocycles. The van der Waals surface area contributed by atoms with E-state index in [-0.39, 0.29) is 31.4 Å². The number of nitrogens with zero attached hydrogens (tertiary/aromatic N) is 9. The van der Waals surface area contributed by atoms with E-state index in [1.165, 1.54) is 200 Å². The van der Waals surface area contributed by atoms with Gasteiger partial charge in [-0.05, 0) is 248 Å². The Morgan fingerprint density at radius 1 is 0.450 bits per heavy atom. The molecule has 0 bridgehead atoms. The molecule has 0 saturated carbocycles. The van der Waals surface area contributed by atoms with Gasteiger partial charge < -0.3 is 58.9 Å². The van der Waals surface area contributed by atoms with Crippen LogP contribution in [0.3, 0.4) is 0 Å². The van der Waals surface area contributed by atoms with Crippen molar-refractivity contribution in [2.45, 2.75) is 99.7 Å². The van der Waals surface area contributed by atoms with Crippen molar-refractivity contribution >= 4 is 55.8 Å². The topological polar surface area (TPSA) is 93.1 Å². The molecule has 3 saturated heterocycles. The van der Waals surface area contributed by atoms with Crippen molar-refractivity contribution in [2.75, 3.05) is 226 Å². The summed E-state index contributed by atoms with van der Waals surface area (Å²) in [6, 6.07) is 15.3.